The van der Waals surface area contributed by atoms with Gasteiger partial charge in [-0.2, -0.15) is 0 Å². The van der Waals surface area contributed by atoms with Gasteiger partial charge in [0.2, 0.25) is 5.91 Å². The van der Waals surface area contributed by atoms with Crippen LogP contribution < -0.4 is 15.2 Å². The van der Waals surface area contributed by atoms with Crippen molar-refractivity contribution in [2.75, 3.05) is 0 Å². The highest BCUT2D eigenvalue weighted by molar-refractivity contribution is 6.00. The summed E-state index contributed by atoms with van der Waals surface area (Å²) in [6, 6.07) is 19.5. The molecular weight excluding hydrogens is 371 g/mol. The third-order valence-electron chi connectivity index (χ3n) is 3.88. The van der Waals surface area contributed by atoms with Crippen LogP contribution in [0.3, 0.4) is 0 Å². The van der Waals surface area contributed by atoms with E-state index in [4.69, 9.17) is 10.5 Å². The normalized spacial score (nSPS) is 11.1. The highest BCUT2D eigenvalue weighted by Crippen LogP contribution is 2.31. The summed E-state index contributed by atoms with van der Waals surface area (Å²) < 4.78 is 47.0. The number of carbonyl (C=O) groups is 1. The van der Waals surface area contributed by atoms with Crippen LogP contribution in [0, 0.1) is 0 Å². The molecule has 0 spiro atoms. The van der Waals surface area contributed by atoms with E-state index in [0.29, 0.717) is 23.5 Å². The number of hydrogen-bond donors (Lipinski definition) is 1. The summed E-state index contributed by atoms with van der Waals surface area (Å²) in [6.07, 6.45) is -4.81. The highest BCUT2D eigenvalue weighted by Gasteiger charge is 2.31. The van der Waals surface area contributed by atoms with Crippen LogP contribution >= 0.6 is 0 Å². The van der Waals surface area contributed by atoms with Crippen molar-refractivity contribution in [3.05, 3.63) is 83.9 Å². The lowest BCUT2D eigenvalue weighted by molar-refractivity contribution is -0.274. The third kappa shape index (κ3) is 5.03. The standard InChI is InChI=1S/C21H16F3NO3/c22-21(23,24)28-17-8-4-7-15(11-17)18-10-9-16(12-19(18)20(25)26)27-13-14-5-2-1-3-6-14/h1-12H,13H2,(H2,25,26). The van der Waals surface area contributed by atoms with Gasteiger partial charge in [0.1, 0.15) is 18.1 Å². The molecule has 0 aliphatic heterocycles. The summed E-state index contributed by atoms with van der Waals surface area (Å²) in [7, 11) is 0. The summed E-state index contributed by atoms with van der Waals surface area (Å²) in [6.45, 7) is 0.299. The Balaban J connectivity index is 1.87. The van der Waals surface area contributed by atoms with Crippen molar-refractivity contribution in [2.45, 2.75) is 13.0 Å². The van der Waals surface area contributed by atoms with Crippen LogP contribution in [0.4, 0.5) is 13.2 Å². The molecule has 7 heteroatoms. The van der Waals surface area contributed by atoms with Crippen molar-refractivity contribution in [1.29, 1.82) is 0 Å². The van der Waals surface area contributed by atoms with Crippen molar-refractivity contribution < 1.29 is 27.4 Å². The maximum Gasteiger partial charge on any atom is 0.573 e. The molecule has 1 amide bonds. The molecular formula is C21H16F3NO3. The molecule has 0 unspecified atom stereocenters. The van der Waals surface area contributed by atoms with Crippen molar-refractivity contribution in [1.82, 2.24) is 0 Å². The van der Waals surface area contributed by atoms with Crippen molar-refractivity contribution in [2.24, 2.45) is 5.73 Å². The first kappa shape index (κ1) is 19.3. The molecule has 3 rings (SSSR count). The number of benzene rings is 3. The molecule has 144 valence electrons. The fourth-order valence-electron chi connectivity index (χ4n) is 2.67. The van der Waals surface area contributed by atoms with Crippen LogP contribution in [0.15, 0.2) is 72.8 Å². The molecule has 0 aliphatic rings. The first-order valence-electron chi connectivity index (χ1n) is 8.28. The zero-order valence-electron chi connectivity index (χ0n) is 14.6. The van der Waals surface area contributed by atoms with Gasteiger partial charge in [-0.05, 0) is 47.0 Å². The van der Waals surface area contributed by atoms with Crippen LogP contribution in [-0.4, -0.2) is 12.3 Å². The van der Waals surface area contributed by atoms with E-state index < -0.39 is 12.3 Å². The van der Waals surface area contributed by atoms with Gasteiger partial charge >= 0.3 is 6.36 Å². The number of rotatable bonds is 6. The molecule has 4 nitrogen and oxygen atoms in total. The lowest BCUT2D eigenvalue weighted by atomic mass is 9.98. The Morgan fingerprint density at radius 1 is 0.893 bits per heavy atom. The van der Waals surface area contributed by atoms with Gasteiger partial charge in [-0.15, -0.1) is 13.2 Å². The monoisotopic (exact) mass is 387 g/mol. The fourth-order valence-corrected chi connectivity index (χ4v) is 2.67. The predicted molar refractivity (Wildman–Crippen MR) is 97.9 cm³/mol. The zero-order chi connectivity index (χ0) is 20.1. The molecule has 0 saturated carbocycles. The number of ether oxygens (including phenoxy) is 2. The maximum absolute atomic E-state index is 12.4. The molecule has 0 aliphatic carbocycles. The quantitative estimate of drug-likeness (QED) is 0.652. The smallest absolute Gasteiger partial charge is 0.489 e. The number of nitrogens with two attached hydrogens (primary N) is 1. The van der Waals surface area contributed by atoms with Crippen LogP contribution in [0.1, 0.15) is 15.9 Å². The van der Waals surface area contributed by atoms with Gasteiger partial charge in [0, 0.05) is 0 Å². The highest BCUT2D eigenvalue weighted by atomic mass is 19.4. The Hall–Kier alpha value is -3.48. The predicted octanol–water partition coefficient (Wildman–Crippen LogP) is 4.93. The van der Waals surface area contributed by atoms with Crippen molar-refractivity contribution in [3.63, 3.8) is 0 Å². The molecule has 3 aromatic rings. The van der Waals surface area contributed by atoms with Crippen LogP contribution in [0.2, 0.25) is 0 Å². The molecule has 0 saturated heterocycles. The van der Waals surface area contributed by atoms with Gasteiger partial charge in [-0.3, -0.25) is 4.79 Å². The lowest BCUT2D eigenvalue weighted by Gasteiger charge is -2.13. The number of halogens is 3. The second-order valence-corrected chi connectivity index (χ2v) is 5.92. The SMILES string of the molecule is NC(=O)c1cc(OCc2ccccc2)ccc1-c1cccc(OC(F)(F)F)c1. The minimum Gasteiger partial charge on any atom is -0.489 e. The van der Waals surface area contributed by atoms with Gasteiger partial charge in [-0.1, -0.05) is 42.5 Å². The minimum atomic E-state index is -4.81. The molecule has 0 heterocycles. The van der Waals surface area contributed by atoms with Gasteiger partial charge in [-0.25, -0.2) is 0 Å². The Morgan fingerprint density at radius 2 is 1.64 bits per heavy atom. The van der Waals surface area contributed by atoms with Crippen molar-refractivity contribution >= 4 is 5.91 Å². The summed E-state index contributed by atoms with van der Waals surface area (Å²) in [5, 5.41) is 0. The molecule has 0 fully saturated rings. The number of amides is 1. The zero-order valence-corrected chi connectivity index (χ0v) is 14.6. The Bertz CT molecular complexity index is 972. The van der Waals surface area contributed by atoms with E-state index in [1.54, 1.807) is 18.2 Å². The average molecular weight is 387 g/mol. The van der Waals surface area contributed by atoms with E-state index in [9.17, 15) is 18.0 Å². The van der Waals surface area contributed by atoms with Crippen LogP contribution in [0.5, 0.6) is 11.5 Å². The van der Waals surface area contributed by atoms with Gasteiger partial charge in [0.15, 0.2) is 0 Å². The van der Waals surface area contributed by atoms with E-state index in [2.05, 4.69) is 4.74 Å². The van der Waals surface area contributed by atoms with Crippen molar-refractivity contribution in [3.8, 4) is 22.6 Å². The summed E-state index contributed by atoms with van der Waals surface area (Å²) in [4.78, 5) is 11.9. The summed E-state index contributed by atoms with van der Waals surface area (Å²) in [5.74, 6) is -0.684. The second kappa shape index (κ2) is 8.04. The number of carbonyl (C=O) groups excluding carboxylic acids is 1. The first-order valence-corrected chi connectivity index (χ1v) is 8.28. The van der Waals surface area contributed by atoms with Gasteiger partial charge in [0.25, 0.3) is 0 Å². The molecule has 2 N–H and O–H groups in total. The van der Waals surface area contributed by atoms with E-state index >= 15 is 0 Å². The molecule has 0 radical (unpaired) electrons. The van der Waals surface area contributed by atoms with E-state index in [0.717, 1.165) is 5.56 Å². The van der Waals surface area contributed by atoms with E-state index in [1.165, 1.54) is 24.3 Å². The van der Waals surface area contributed by atoms with Crippen LogP contribution in [0.25, 0.3) is 11.1 Å². The Labute approximate surface area is 159 Å². The summed E-state index contributed by atoms with van der Waals surface area (Å²) in [5.41, 5.74) is 7.29. The van der Waals surface area contributed by atoms with E-state index in [1.807, 2.05) is 30.3 Å². The van der Waals surface area contributed by atoms with E-state index in [-0.39, 0.29) is 11.3 Å². The summed E-state index contributed by atoms with van der Waals surface area (Å²) >= 11 is 0. The van der Waals surface area contributed by atoms with Gasteiger partial charge < -0.3 is 15.2 Å². The molecule has 0 bridgehead atoms. The molecule has 0 aromatic heterocycles. The lowest BCUT2D eigenvalue weighted by Crippen LogP contribution is -2.17. The largest absolute Gasteiger partial charge is 0.573 e. The Kier molecular flexibility index (Phi) is 5.54. The third-order valence-corrected chi connectivity index (χ3v) is 3.88. The maximum atomic E-state index is 12.4. The second-order valence-electron chi connectivity index (χ2n) is 5.92. The fraction of sp³-hybridized carbons (Fsp3) is 0.0952. The Morgan fingerprint density at radius 3 is 2.32 bits per heavy atom. The number of alkyl halides is 3. The molecule has 28 heavy (non-hydrogen) atoms. The van der Waals surface area contributed by atoms with Crippen LogP contribution in [-0.2, 0) is 6.61 Å². The molecule has 3 aromatic carbocycles. The molecule has 0 atom stereocenters. The number of hydrogen-bond acceptors (Lipinski definition) is 3. The average Bonchev–Trinajstić information content (AvgIpc) is 2.66. The minimum absolute atomic E-state index is 0.134. The van der Waals surface area contributed by atoms with Gasteiger partial charge in [0.05, 0.1) is 5.56 Å². The first-order chi connectivity index (χ1) is 13.3. The topological polar surface area (TPSA) is 61.6 Å². The number of primary amides is 1.